The molecule has 2 aromatic heterocycles. The molecule has 0 fully saturated rings. The molecule has 0 aliphatic carbocycles. The van der Waals surface area contributed by atoms with Crippen LogP contribution in [0.5, 0.6) is 0 Å². The van der Waals surface area contributed by atoms with Crippen molar-refractivity contribution >= 4 is 28.8 Å². The minimum Gasteiger partial charge on any atom is -0.337 e. The summed E-state index contributed by atoms with van der Waals surface area (Å²) < 4.78 is 4.31. The van der Waals surface area contributed by atoms with Crippen molar-refractivity contribution in [2.75, 3.05) is 12.3 Å². The number of amides is 1. The SMILES string of the molecule is Cc1ccc(Cn2c(SCC(=O)N3CCc4ccccc4C3)nc3c2c(=O)n(C)c(=O)n3C)cc1. The van der Waals surface area contributed by atoms with Crippen LogP contribution in [-0.4, -0.2) is 41.8 Å². The van der Waals surface area contributed by atoms with Crippen molar-refractivity contribution in [2.24, 2.45) is 14.1 Å². The molecule has 8 nitrogen and oxygen atoms in total. The van der Waals surface area contributed by atoms with Crippen LogP contribution in [0.25, 0.3) is 11.2 Å². The van der Waals surface area contributed by atoms with Gasteiger partial charge in [-0.25, -0.2) is 9.78 Å². The lowest BCUT2D eigenvalue weighted by molar-refractivity contribution is -0.129. The number of imidazole rings is 1. The number of hydrogen-bond acceptors (Lipinski definition) is 5. The Hall–Kier alpha value is -3.59. The zero-order chi connectivity index (χ0) is 24.7. The Morgan fingerprint density at radius 3 is 2.46 bits per heavy atom. The lowest BCUT2D eigenvalue weighted by Crippen LogP contribution is -2.37. The van der Waals surface area contributed by atoms with E-state index in [-0.39, 0.29) is 11.7 Å². The number of aromatic nitrogens is 4. The van der Waals surface area contributed by atoms with Crippen molar-refractivity contribution < 1.29 is 4.79 Å². The highest BCUT2D eigenvalue weighted by Crippen LogP contribution is 2.25. The van der Waals surface area contributed by atoms with Gasteiger partial charge >= 0.3 is 5.69 Å². The minimum atomic E-state index is -0.429. The summed E-state index contributed by atoms with van der Waals surface area (Å²) in [5.41, 5.74) is 4.49. The topological polar surface area (TPSA) is 82.1 Å². The monoisotopic (exact) mass is 489 g/mol. The first-order valence-corrected chi connectivity index (χ1v) is 12.5. The number of carbonyl (C=O) groups excluding carboxylic acids is 1. The predicted octanol–water partition coefficient (Wildman–Crippen LogP) is 2.47. The van der Waals surface area contributed by atoms with Crippen LogP contribution in [0, 0.1) is 6.92 Å². The zero-order valence-corrected chi connectivity index (χ0v) is 20.8. The van der Waals surface area contributed by atoms with Crippen molar-refractivity contribution in [3.63, 3.8) is 0 Å². The molecule has 0 atom stereocenters. The smallest absolute Gasteiger partial charge is 0.332 e. The largest absolute Gasteiger partial charge is 0.337 e. The highest BCUT2D eigenvalue weighted by atomic mass is 32.2. The molecule has 2 aromatic carbocycles. The molecular weight excluding hydrogens is 462 g/mol. The lowest BCUT2D eigenvalue weighted by Gasteiger charge is -2.28. The van der Waals surface area contributed by atoms with E-state index in [0.717, 1.165) is 22.1 Å². The first-order valence-electron chi connectivity index (χ1n) is 11.5. The first kappa shape index (κ1) is 23.2. The van der Waals surface area contributed by atoms with Crippen molar-refractivity contribution in [2.45, 2.75) is 31.6 Å². The van der Waals surface area contributed by atoms with Crippen LogP contribution in [0.1, 0.15) is 22.3 Å². The molecule has 0 N–H and O–H groups in total. The summed E-state index contributed by atoms with van der Waals surface area (Å²) in [6, 6.07) is 16.3. The second-order valence-electron chi connectivity index (χ2n) is 8.97. The summed E-state index contributed by atoms with van der Waals surface area (Å²) in [5, 5.41) is 0.546. The number of nitrogens with zero attached hydrogens (tertiary/aromatic N) is 5. The normalized spacial score (nSPS) is 13.3. The number of carbonyl (C=O) groups is 1. The van der Waals surface area contributed by atoms with Crippen LogP contribution in [0.3, 0.4) is 0 Å². The van der Waals surface area contributed by atoms with E-state index in [1.54, 1.807) is 7.05 Å². The molecule has 0 spiro atoms. The van der Waals surface area contributed by atoms with Crippen molar-refractivity contribution in [1.29, 1.82) is 0 Å². The van der Waals surface area contributed by atoms with E-state index < -0.39 is 11.2 Å². The number of aryl methyl sites for hydroxylation is 2. The Bertz CT molecular complexity index is 1550. The van der Waals surface area contributed by atoms with Crippen LogP contribution >= 0.6 is 11.8 Å². The molecule has 9 heteroatoms. The highest BCUT2D eigenvalue weighted by molar-refractivity contribution is 7.99. The van der Waals surface area contributed by atoms with Gasteiger partial charge in [0.15, 0.2) is 16.3 Å². The number of hydrogen-bond donors (Lipinski definition) is 0. The third-order valence-electron chi connectivity index (χ3n) is 6.58. The molecule has 1 aliphatic rings. The lowest BCUT2D eigenvalue weighted by atomic mass is 10.00. The van der Waals surface area contributed by atoms with E-state index in [2.05, 4.69) is 17.1 Å². The van der Waals surface area contributed by atoms with Gasteiger partial charge < -0.3 is 9.47 Å². The molecule has 180 valence electrons. The van der Waals surface area contributed by atoms with Gasteiger partial charge in [0.25, 0.3) is 5.56 Å². The van der Waals surface area contributed by atoms with Gasteiger partial charge in [-0.1, -0.05) is 65.9 Å². The Kier molecular flexibility index (Phi) is 6.10. The number of rotatable bonds is 5. The fourth-order valence-electron chi connectivity index (χ4n) is 4.49. The summed E-state index contributed by atoms with van der Waals surface area (Å²) in [6.07, 6.45) is 0.844. The fourth-order valence-corrected chi connectivity index (χ4v) is 5.38. The Balaban J connectivity index is 1.47. The average molecular weight is 490 g/mol. The van der Waals surface area contributed by atoms with Gasteiger partial charge in [-0.3, -0.25) is 18.7 Å². The summed E-state index contributed by atoms with van der Waals surface area (Å²) in [4.78, 5) is 45.2. The number of benzene rings is 2. The molecule has 0 bridgehead atoms. The Labute approximate surface area is 206 Å². The first-order chi connectivity index (χ1) is 16.8. The van der Waals surface area contributed by atoms with Crippen molar-refractivity contribution in [3.05, 3.63) is 91.6 Å². The number of thioether (sulfide) groups is 1. The molecule has 4 aromatic rings. The third kappa shape index (κ3) is 4.32. The second-order valence-corrected chi connectivity index (χ2v) is 9.91. The Morgan fingerprint density at radius 2 is 1.71 bits per heavy atom. The fraction of sp³-hybridized carbons (Fsp3) is 0.308. The van der Waals surface area contributed by atoms with E-state index in [4.69, 9.17) is 0 Å². The van der Waals surface area contributed by atoms with Gasteiger partial charge in [-0.2, -0.15) is 0 Å². The molecular formula is C26H27N5O3S. The molecule has 35 heavy (non-hydrogen) atoms. The Morgan fingerprint density at radius 1 is 1.00 bits per heavy atom. The average Bonchev–Trinajstić information content (AvgIpc) is 3.23. The third-order valence-corrected chi connectivity index (χ3v) is 7.54. The second kappa shape index (κ2) is 9.22. The van der Waals surface area contributed by atoms with Gasteiger partial charge in [0.2, 0.25) is 5.91 Å². The van der Waals surface area contributed by atoms with E-state index in [1.165, 1.54) is 34.5 Å². The van der Waals surface area contributed by atoms with Gasteiger partial charge in [0, 0.05) is 27.2 Å². The summed E-state index contributed by atoms with van der Waals surface area (Å²) in [6.45, 7) is 3.72. The predicted molar refractivity (Wildman–Crippen MR) is 137 cm³/mol. The minimum absolute atomic E-state index is 0.0280. The van der Waals surface area contributed by atoms with E-state index in [0.29, 0.717) is 36.0 Å². The van der Waals surface area contributed by atoms with E-state index >= 15 is 0 Å². The molecule has 1 amide bonds. The highest BCUT2D eigenvalue weighted by Gasteiger charge is 2.23. The molecule has 1 aliphatic heterocycles. The van der Waals surface area contributed by atoms with Crippen LogP contribution in [0.15, 0.2) is 63.3 Å². The van der Waals surface area contributed by atoms with Crippen LogP contribution in [-0.2, 0) is 38.4 Å². The maximum Gasteiger partial charge on any atom is 0.332 e. The van der Waals surface area contributed by atoms with Gasteiger partial charge in [-0.05, 0) is 30.0 Å². The van der Waals surface area contributed by atoms with E-state index in [9.17, 15) is 14.4 Å². The standard InChI is InChI=1S/C26H27N5O3S/c1-17-8-10-18(11-9-17)14-31-22-23(28(2)26(34)29(3)24(22)33)27-25(31)35-16-21(32)30-13-12-19-6-4-5-7-20(19)15-30/h4-11H,12-16H2,1-3H3. The molecule has 5 rings (SSSR count). The maximum absolute atomic E-state index is 13.1. The quantitative estimate of drug-likeness (QED) is 0.402. The summed E-state index contributed by atoms with van der Waals surface area (Å²) in [5.74, 6) is 0.230. The zero-order valence-electron chi connectivity index (χ0n) is 20.0. The van der Waals surface area contributed by atoms with Crippen molar-refractivity contribution in [1.82, 2.24) is 23.6 Å². The molecule has 0 saturated carbocycles. The molecule has 0 saturated heterocycles. The van der Waals surface area contributed by atoms with Gasteiger partial charge in [-0.15, -0.1) is 0 Å². The van der Waals surface area contributed by atoms with Gasteiger partial charge in [0.05, 0.1) is 12.3 Å². The van der Waals surface area contributed by atoms with Crippen LogP contribution in [0.2, 0.25) is 0 Å². The molecule has 0 unspecified atom stereocenters. The maximum atomic E-state index is 13.1. The van der Waals surface area contributed by atoms with Gasteiger partial charge in [0.1, 0.15) is 0 Å². The molecule has 3 heterocycles. The van der Waals surface area contributed by atoms with Crippen LogP contribution < -0.4 is 11.2 Å². The summed E-state index contributed by atoms with van der Waals surface area (Å²) >= 11 is 1.30. The number of fused-ring (bicyclic) bond motifs is 2. The van der Waals surface area contributed by atoms with E-state index in [1.807, 2.05) is 52.8 Å². The van der Waals surface area contributed by atoms with Crippen molar-refractivity contribution in [3.8, 4) is 0 Å². The summed E-state index contributed by atoms with van der Waals surface area (Å²) in [7, 11) is 3.08. The van der Waals surface area contributed by atoms with Crippen LogP contribution in [0.4, 0.5) is 0 Å². The molecule has 0 radical (unpaired) electrons.